The molecule has 1 aromatic rings. The number of nitrogens with zero attached hydrogens (tertiary/aromatic N) is 1. The van der Waals surface area contributed by atoms with E-state index >= 15 is 0 Å². The van der Waals surface area contributed by atoms with Gasteiger partial charge in [0.25, 0.3) is 0 Å². The zero-order valence-corrected chi connectivity index (χ0v) is 7.77. The molecule has 0 amide bonds. The quantitative estimate of drug-likeness (QED) is 0.708. The molecule has 0 aliphatic carbocycles. The van der Waals surface area contributed by atoms with Crippen LogP contribution in [0.1, 0.15) is 12.6 Å². The topological polar surface area (TPSA) is 24.9 Å². The summed E-state index contributed by atoms with van der Waals surface area (Å²) >= 11 is 0. The van der Waals surface area contributed by atoms with Gasteiger partial charge in [0.15, 0.2) is 0 Å². The molecule has 0 aliphatic rings. The van der Waals surface area contributed by atoms with E-state index < -0.39 is 0 Å². The first kappa shape index (κ1) is 9.52. The molecule has 0 fully saturated rings. The van der Waals surface area contributed by atoms with E-state index in [1.165, 1.54) is 0 Å². The summed E-state index contributed by atoms with van der Waals surface area (Å²) in [7, 11) is 0. The van der Waals surface area contributed by atoms with E-state index in [0.717, 1.165) is 12.2 Å². The van der Waals surface area contributed by atoms with Crippen molar-refractivity contribution in [3.05, 3.63) is 54.5 Å². The van der Waals surface area contributed by atoms with Gasteiger partial charge < -0.3 is 5.32 Å². The van der Waals surface area contributed by atoms with Crippen molar-refractivity contribution in [2.45, 2.75) is 13.5 Å². The van der Waals surface area contributed by atoms with Gasteiger partial charge in [-0.1, -0.05) is 18.2 Å². The number of pyridine rings is 1. The molecule has 0 radical (unpaired) electrons. The van der Waals surface area contributed by atoms with Crippen LogP contribution in [-0.2, 0) is 6.54 Å². The first-order valence-electron chi connectivity index (χ1n) is 4.34. The number of hydrogen-bond donors (Lipinski definition) is 1. The maximum atomic E-state index is 4.18. The van der Waals surface area contributed by atoms with Crippen molar-refractivity contribution in [1.82, 2.24) is 10.3 Å². The summed E-state index contributed by atoms with van der Waals surface area (Å²) in [6.07, 6.45) is 9.63. The first-order chi connectivity index (χ1) is 6.43. The van der Waals surface area contributed by atoms with Gasteiger partial charge in [0, 0.05) is 6.20 Å². The Labute approximate surface area is 79.0 Å². The van der Waals surface area contributed by atoms with Crippen LogP contribution in [0.5, 0.6) is 0 Å². The molecule has 1 N–H and O–H groups in total. The molecule has 0 atom stereocenters. The van der Waals surface area contributed by atoms with Crippen LogP contribution in [0.4, 0.5) is 0 Å². The minimum absolute atomic E-state index is 0.773. The zero-order chi connectivity index (χ0) is 9.36. The second-order valence-electron chi connectivity index (χ2n) is 2.59. The van der Waals surface area contributed by atoms with Crippen molar-refractivity contribution >= 4 is 0 Å². The molecule has 0 saturated carbocycles. The van der Waals surface area contributed by atoms with Gasteiger partial charge >= 0.3 is 0 Å². The lowest BCUT2D eigenvalue weighted by Crippen LogP contribution is -2.05. The number of allylic oxidation sites excluding steroid dienone is 3. The molecule has 2 heteroatoms. The van der Waals surface area contributed by atoms with E-state index in [1.807, 2.05) is 49.6 Å². The lowest BCUT2D eigenvalue weighted by molar-refractivity contribution is 0.836. The molecule has 0 aromatic carbocycles. The smallest absolute Gasteiger partial charge is 0.0594 e. The Bertz CT molecular complexity index is 275. The molecular formula is C11H14N2. The molecule has 0 aliphatic heterocycles. The van der Waals surface area contributed by atoms with Crippen LogP contribution in [-0.4, -0.2) is 4.98 Å². The summed E-state index contributed by atoms with van der Waals surface area (Å²) in [5.41, 5.74) is 1.05. The predicted molar refractivity (Wildman–Crippen MR) is 55.0 cm³/mol. The molecule has 0 spiro atoms. The van der Waals surface area contributed by atoms with Gasteiger partial charge in [-0.15, -0.1) is 0 Å². The van der Waals surface area contributed by atoms with Crippen molar-refractivity contribution < 1.29 is 0 Å². The zero-order valence-electron chi connectivity index (χ0n) is 7.77. The Morgan fingerprint density at radius 1 is 1.38 bits per heavy atom. The van der Waals surface area contributed by atoms with Crippen molar-refractivity contribution in [2.24, 2.45) is 0 Å². The summed E-state index contributed by atoms with van der Waals surface area (Å²) in [4.78, 5) is 4.18. The highest BCUT2D eigenvalue weighted by Gasteiger charge is 1.86. The SMILES string of the molecule is C/C=C\C=C/NCc1ccccn1. The highest BCUT2D eigenvalue weighted by molar-refractivity contribution is 5.05. The number of nitrogens with one attached hydrogen (secondary N) is 1. The van der Waals surface area contributed by atoms with Gasteiger partial charge in [0.2, 0.25) is 0 Å². The van der Waals surface area contributed by atoms with Crippen molar-refractivity contribution in [3.8, 4) is 0 Å². The maximum Gasteiger partial charge on any atom is 0.0594 e. The van der Waals surface area contributed by atoms with Crippen molar-refractivity contribution in [3.63, 3.8) is 0 Å². The van der Waals surface area contributed by atoms with E-state index in [-0.39, 0.29) is 0 Å². The predicted octanol–water partition coefficient (Wildman–Crippen LogP) is 2.26. The minimum atomic E-state index is 0.773. The van der Waals surface area contributed by atoms with E-state index in [1.54, 1.807) is 6.20 Å². The second-order valence-corrected chi connectivity index (χ2v) is 2.59. The molecule has 1 aromatic heterocycles. The lowest BCUT2D eigenvalue weighted by Gasteiger charge is -1.98. The third-order valence-electron chi connectivity index (χ3n) is 1.53. The molecule has 2 nitrogen and oxygen atoms in total. The van der Waals surface area contributed by atoms with Gasteiger partial charge in [-0.05, 0) is 31.3 Å². The second kappa shape index (κ2) is 6.00. The van der Waals surface area contributed by atoms with Gasteiger partial charge in [0.05, 0.1) is 12.2 Å². The van der Waals surface area contributed by atoms with Gasteiger partial charge in [-0.2, -0.15) is 0 Å². The molecule has 0 bridgehead atoms. The average Bonchev–Trinajstić information content (AvgIpc) is 2.19. The fraction of sp³-hybridized carbons (Fsp3) is 0.182. The van der Waals surface area contributed by atoms with E-state index in [9.17, 15) is 0 Å². The van der Waals surface area contributed by atoms with Crippen LogP contribution in [0, 0.1) is 0 Å². The monoisotopic (exact) mass is 174 g/mol. The van der Waals surface area contributed by atoms with Gasteiger partial charge in [-0.25, -0.2) is 0 Å². The van der Waals surface area contributed by atoms with Gasteiger partial charge in [-0.3, -0.25) is 4.98 Å². The highest BCUT2D eigenvalue weighted by Crippen LogP contribution is 1.91. The molecule has 1 heterocycles. The number of rotatable bonds is 4. The fourth-order valence-corrected chi connectivity index (χ4v) is 0.901. The number of aromatic nitrogens is 1. The van der Waals surface area contributed by atoms with Crippen LogP contribution in [0.25, 0.3) is 0 Å². The van der Waals surface area contributed by atoms with Crippen molar-refractivity contribution in [1.29, 1.82) is 0 Å². The lowest BCUT2D eigenvalue weighted by atomic mass is 10.3. The van der Waals surface area contributed by atoms with Gasteiger partial charge in [0.1, 0.15) is 0 Å². The Hall–Kier alpha value is -1.57. The molecular weight excluding hydrogens is 160 g/mol. The third kappa shape index (κ3) is 4.11. The maximum absolute atomic E-state index is 4.18. The van der Waals surface area contributed by atoms with Crippen LogP contribution < -0.4 is 5.32 Å². The first-order valence-corrected chi connectivity index (χ1v) is 4.34. The molecule has 68 valence electrons. The Balaban J connectivity index is 2.28. The largest absolute Gasteiger partial charge is 0.385 e. The molecule has 0 unspecified atom stereocenters. The van der Waals surface area contributed by atoms with Crippen LogP contribution in [0.15, 0.2) is 48.8 Å². The minimum Gasteiger partial charge on any atom is -0.385 e. The van der Waals surface area contributed by atoms with Crippen molar-refractivity contribution in [2.75, 3.05) is 0 Å². The normalized spacial score (nSPS) is 11.2. The molecule has 0 saturated heterocycles. The highest BCUT2D eigenvalue weighted by atomic mass is 14.9. The molecule has 13 heavy (non-hydrogen) atoms. The average molecular weight is 174 g/mol. The van der Waals surface area contributed by atoms with Crippen LogP contribution >= 0.6 is 0 Å². The fourth-order valence-electron chi connectivity index (χ4n) is 0.901. The van der Waals surface area contributed by atoms with E-state index in [2.05, 4.69) is 10.3 Å². The van der Waals surface area contributed by atoms with Crippen LogP contribution in [0.2, 0.25) is 0 Å². The number of hydrogen-bond acceptors (Lipinski definition) is 2. The summed E-state index contributed by atoms with van der Waals surface area (Å²) < 4.78 is 0. The summed E-state index contributed by atoms with van der Waals surface area (Å²) in [5, 5.41) is 3.14. The summed E-state index contributed by atoms with van der Waals surface area (Å²) in [5.74, 6) is 0. The Morgan fingerprint density at radius 3 is 3.00 bits per heavy atom. The standard InChI is InChI=1S/C11H14N2/c1-2-3-5-8-12-10-11-7-4-6-9-13-11/h2-9,12H,10H2,1H3/b3-2-,8-5-. The molecule has 1 rings (SSSR count). The third-order valence-corrected chi connectivity index (χ3v) is 1.53. The Morgan fingerprint density at radius 2 is 2.31 bits per heavy atom. The van der Waals surface area contributed by atoms with E-state index in [4.69, 9.17) is 0 Å². The van der Waals surface area contributed by atoms with E-state index in [0.29, 0.717) is 0 Å². The summed E-state index contributed by atoms with van der Waals surface area (Å²) in [6.45, 7) is 2.76. The summed E-state index contributed by atoms with van der Waals surface area (Å²) in [6, 6.07) is 5.90. The van der Waals surface area contributed by atoms with Crippen LogP contribution in [0.3, 0.4) is 0 Å². The Kier molecular flexibility index (Phi) is 4.39.